The van der Waals surface area contributed by atoms with Gasteiger partial charge in [-0.25, -0.2) is 9.68 Å². The third-order valence-corrected chi connectivity index (χ3v) is 4.68. The molecule has 0 saturated carbocycles. The van der Waals surface area contributed by atoms with E-state index in [0.29, 0.717) is 5.39 Å². The number of aliphatic hydroxyl groups is 1. The van der Waals surface area contributed by atoms with Gasteiger partial charge in [0.05, 0.1) is 29.7 Å². The molecule has 0 radical (unpaired) electrons. The first-order valence-corrected chi connectivity index (χ1v) is 11.0. The van der Waals surface area contributed by atoms with Gasteiger partial charge in [-0.05, 0) is 57.6 Å². The molecule has 0 unspecified atom stereocenters. The van der Waals surface area contributed by atoms with Gasteiger partial charge < -0.3 is 10.8 Å². The van der Waals surface area contributed by atoms with Crippen LogP contribution < -0.4 is 5.73 Å². The molecule has 1 aromatic rings. The van der Waals surface area contributed by atoms with E-state index in [1.54, 1.807) is 20.8 Å². The predicted octanol–water partition coefficient (Wildman–Crippen LogP) is 4.56. The molecule has 1 heterocycles. The Labute approximate surface area is 176 Å². The van der Waals surface area contributed by atoms with E-state index >= 15 is 0 Å². The standard InChI is InChI=1S/C19H32N2O3.C4H10O/c1-2-3-4-5-6-7-8-17-9-11-18(12-10-17)13-14-19(20)15-23-21(22)24-16-19;1-4(2,3)5/h9-12,22H,2-8,13-16,20H2,1H3;5H,1-3H3. The summed E-state index contributed by atoms with van der Waals surface area (Å²) < 4.78 is 0. The van der Waals surface area contributed by atoms with Crippen LogP contribution in [0.25, 0.3) is 0 Å². The molecule has 0 amide bonds. The highest BCUT2D eigenvalue weighted by atomic mass is 17.1. The number of aryl methyl sites for hydroxylation is 2. The lowest BCUT2D eigenvalue weighted by Crippen LogP contribution is -2.55. The Hall–Kier alpha value is -1.02. The summed E-state index contributed by atoms with van der Waals surface area (Å²) in [6.45, 7) is 8.01. The zero-order chi connectivity index (χ0) is 21.8. The van der Waals surface area contributed by atoms with E-state index in [-0.39, 0.29) is 13.2 Å². The largest absolute Gasteiger partial charge is 0.391 e. The van der Waals surface area contributed by atoms with Gasteiger partial charge in [0.25, 0.3) is 0 Å². The predicted molar refractivity (Wildman–Crippen MR) is 116 cm³/mol. The Balaban J connectivity index is 0.000000749. The second kappa shape index (κ2) is 13.3. The van der Waals surface area contributed by atoms with Crippen LogP contribution in [0.3, 0.4) is 0 Å². The summed E-state index contributed by atoms with van der Waals surface area (Å²) in [5.74, 6) is 0. The maximum Gasteiger partial charge on any atom is 0.0939 e. The Morgan fingerprint density at radius 3 is 1.90 bits per heavy atom. The molecular weight excluding hydrogens is 368 g/mol. The maximum absolute atomic E-state index is 9.02. The summed E-state index contributed by atoms with van der Waals surface area (Å²) in [6.07, 6.45) is 10.8. The number of unbranched alkanes of at least 4 members (excludes halogenated alkanes) is 5. The number of hydrogen-bond donors (Lipinski definition) is 3. The van der Waals surface area contributed by atoms with Crippen molar-refractivity contribution >= 4 is 0 Å². The van der Waals surface area contributed by atoms with E-state index in [2.05, 4.69) is 31.2 Å². The van der Waals surface area contributed by atoms with E-state index < -0.39 is 11.1 Å². The monoisotopic (exact) mass is 410 g/mol. The van der Waals surface area contributed by atoms with Gasteiger partial charge in [-0.15, -0.1) is 0 Å². The van der Waals surface area contributed by atoms with E-state index in [0.717, 1.165) is 12.8 Å². The molecule has 1 aliphatic rings. The number of nitrogens with zero attached hydrogens (tertiary/aromatic N) is 1. The Kier molecular flexibility index (Phi) is 11.9. The molecule has 29 heavy (non-hydrogen) atoms. The molecule has 0 spiro atoms. The molecule has 6 nitrogen and oxygen atoms in total. The van der Waals surface area contributed by atoms with Crippen LogP contribution in [0, 0.1) is 0 Å². The van der Waals surface area contributed by atoms with Crippen molar-refractivity contribution in [3.8, 4) is 0 Å². The minimum Gasteiger partial charge on any atom is -0.391 e. The van der Waals surface area contributed by atoms with Crippen LogP contribution in [0.5, 0.6) is 0 Å². The lowest BCUT2D eigenvalue weighted by atomic mass is 9.93. The van der Waals surface area contributed by atoms with Gasteiger partial charge in [-0.3, -0.25) is 5.21 Å². The molecule has 0 aliphatic carbocycles. The van der Waals surface area contributed by atoms with Gasteiger partial charge in [0.1, 0.15) is 0 Å². The Morgan fingerprint density at radius 1 is 0.931 bits per heavy atom. The molecule has 168 valence electrons. The van der Waals surface area contributed by atoms with Crippen LogP contribution in [0.4, 0.5) is 0 Å². The minimum atomic E-state index is -0.545. The topological polar surface area (TPSA) is 88.2 Å². The van der Waals surface area contributed by atoms with Crippen LogP contribution in [0.1, 0.15) is 83.8 Å². The smallest absolute Gasteiger partial charge is 0.0939 e. The number of rotatable bonds is 10. The summed E-state index contributed by atoms with van der Waals surface area (Å²) >= 11 is 0. The van der Waals surface area contributed by atoms with Crippen LogP contribution in [-0.4, -0.2) is 40.1 Å². The van der Waals surface area contributed by atoms with Gasteiger partial charge in [-0.2, -0.15) is 0 Å². The van der Waals surface area contributed by atoms with Gasteiger partial charge >= 0.3 is 0 Å². The molecule has 6 heteroatoms. The second-order valence-corrected chi connectivity index (χ2v) is 9.15. The Morgan fingerprint density at radius 2 is 1.38 bits per heavy atom. The first kappa shape index (κ1) is 26.0. The SMILES string of the molecule is CC(C)(C)O.CCCCCCCCc1ccc(CCC2(N)CON(O)OC2)cc1. The summed E-state index contributed by atoms with van der Waals surface area (Å²) in [4.78, 5) is 9.84. The summed E-state index contributed by atoms with van der Waals surface area (Å²) in [7, 11) is 0. The average molecular weight is 411 g/mol. The molecule has 1 fully saturated rings. The third kappa shape index (κ3) is 13.8. The molecular formula is C23H42N2O4. The van der Waals surface area contributed by atoms with Crippen LogP contribution in [0.2, 0.25) is 0 Å². The maximum atomic E-state index is 9.02. The van der Waals surface area contributed by atoms with Gasteiger partial charge in [-0.1, -0.05) is 63.3 Å². The van der Waals surface area contributed by atoms with Crippen molar-refractivity contribution in [1.82, 2.24) is 5.39 Å². The van der Waals surface area contributed by atoms with E-state index in [1.807, 2.05) is 0 Å². The fourth-order valence-electron chi connectivity index (χ4n) is 2.97. The van der Waals surface area contributed by atoms with Crippen molar-refractivity contribution < 1.29 is 20.0 Å². The number of hydrogen-bond acceptors (Lipinski definition) is 6. The third-order valence-electron chi connectivity index (χ3n) is 4.68. The van der Waals surface area contributed by atoms with Crippen molar-refractivity contribution in [2.75, 3.05) is 13.2 Å². The fourth-order valence-corrected chi connectivity index (χ4v) is 2.97. The van der Waals surface area contributed by atoms with E-state index in [9.17, 15) is 0 Å². The molecule has 0 bridgehead atoms. The van der Waals surface area contributed by atoms with E-state index in [4.69, 9.17) is 25.7 Å². The lowest BCUT2D eigenvalue weighted by molar-refractivity contribution is -0.534. The quantitative estimate of drug-likeness (QED) is 0.490. The van der Waals surface area contributed by atoms with Gasteiger partial charge in [0.2, 0.25) is 0 Å². The minimum absolute atomic E-state index is 0.264. The molecule has 1 aromatic carbocycles. The molecule has 4 N–H and O–H groups in total. The zero-order valence-electron chi connectivity index (χ0n) is 18.8. The summed E-state index contributed by atoms with van der Waals surface area (Å²) in [6, 6.07) is 8.85. The second-order valence-electron chi connectivity index (χ2n) is 9.15. The van der Waals surface area contributed by atoms with Crippen molar-refractivity contribution in [1.29, 1.82) is 0 Å². The summed E-state index contributed by atoms with van der Waals surface area (Å²) in [5, 5.41) is 17.9. The molecule has 2 rings (SSSR count). The molecule has 1 saturated heterocycles. The first-order chi connectivity index (χ1) is 13.6. The zero-order valence-corrected chi connectivity index (χ0v) is 18.8. The lowest BCUT2D eigenvalue weighted by Gasteiger charge is -2.34. The number of nitrogens with two attached hydrogens (primary N) is 1. The first-order valence-electron chi connectivity index (χ1n) is 11.0. The summed E-state index contributed by atoms with van der Waals surface area (Å²) in [5.41, 5.74) is 7.87. The van der Waals surface area contributed by atoms with Gasteiger partial charge in [0.15, 0.2) is 0 Å². The van der Waals surface area contributed by atoms with Crippen LogP contribution in [0.15, 0.2) is 24.3 Å². The van der Waals surface area contributed by atoms with Crippen LogP contribution >= 0.6 is 0 Å². The van der Waals surface area contributed by atoms with E-state index in [1.165, 1.54) is 56.1 Å². The molecule has 0 aromatic heterocycles. The highest BCUT2D eigenvalue weighted by Gasteiger charge is 2.32. The molecule has 0 atom stereocenters. The Bertz CT molecular complexity index is 529. The van der Waals surface area contributed by atoms with Crippen molar-refractivity contribution in [2.45, 2.75) is 96.6 Å². The fraction of sp³-hybridized carbons (Fsp3) is 0.739. The van der Waals surface area contributed by atoms with Gasteiger partial charge in [0, 0.05) is 0 Å². The van der Waals surface area contributed by atoms with Crippen LogP contribution in [-0.2, 0) is 22.5 Å². The van der Waals surface area contributed by atoms with Crippen molar-refractivity contribution in [3.05, 3.63) is 35.4 Å². The van der Waals surface area contributed by atoms with Crippen molar-refractivity contribution in [3.63, 3.8) is 0 Å². The molecule has 1 aliphatic heterocycles. The van der Waals surface area contributed by atoms with Crippen molar-refractivity contribution in [2.24, 2.45) is 5.73 Å². The highest BCUT2D eigenvalue weighted by molar-refractivity contribution is 5.23. The highest BCUT2D eigenvalue weighted by Crippen LogP contribution is 2.19. The number of benzene rings is 1. The normalized spacial score (nSPS) is 16.9. The average Bonchev–Trinajstić information content (AvgIpc) is 2.65.